The maximum absolute atomic E-state index is 14.0. The Kier molecular flexibility index (Phi) is 47.4. The lowest BCUT2D eigenvalue weighted by Crippen LogP contribution is -2.14. The topological polar surface area (TPSA) is 285 Å². The van der Waals surface area contributed by atoms with E-state index in [0.29, 0.717) is 123 Å². The van der Waals surface area contributed by atoms with Crippen LogP contribution in [-0.2, 0) is 68.1 Å². The van der Waals surface area contributed by atoms with Crippen LogP contribution >= 0.6 is 120 Å². The molecule has 12 aromatic rings. The quantitative estimate of drug-likeness (QED) is 0.0242. The van der Waals surface area contributed by atoms with E-state index in [1.165, 1.54) is 54.8 Å². The molecule has 0 aromatic heterocycles. The van der Waals surface area contributed by atoms with Crippen LogP contribution in [0, 0.1) is 99.4 Å². The number of amides is 6. The van der Waals surface area contributed by atoms with E-state index in [0.717, 1.165) is 103 Å². The minimum atomic E-state index is -0.680. The molecule has 0 bridgehead atoms. The fourth-order valence-electron chi connectivity index (χ4n) is 12.1. The Morgan fingerprint density at radius 1 is 0.268 bits per heavy atom. The summed E-state index contributed by atoms with van der Waals surface area (Å²) in [6.07, 6.45) is -3.33. The third-order valence-corrected chi connectivity index (χ3v) is 24.8. The van der Waals surface area contributed by atoms with Crippen molar-refractivity contribution in [1.82, 2.24) is 0 Å². The number of carbonyl (C=O) groups excluding carboxylic acids is 6. The number of para-hydroxylation sites is 1. The number of hydrogen-bond acceptors (Lipinski definition) is 18. The molecule has 0 atom stereocenters. The van der Waals surface area contributed by atoms with Gasteiger partial charge in [-0.1, -0.05) is 159 Å². The van der Waals surface area contributed by atoms with Gasteiger partial charge in [0.2, 0.25) is 0 Å². The van der Waals surface area contributed by atoms with Gasteiger partial charge >= 0.3 is 36.6 Å². The number of benzene rings is 12. The second-order valence-corrected chi connectivity index (χ2v) is 35.3. The van der Waals surface area contributed by atoms with E-state index in [1.807, 2.05) is 211 Å². The van der Waals surface area contributed by atoms with E-state index in [9.17, 15) is 33.2 Å². The molecule has 12 aromatic carbocycles. The van der Waals surface area contributed by atoms with Crippen LogP contribution in [0.3, 0.4) is 0 Å². The molecule has 6 amide bonds. The molecular formula is C104H110BrCl7FIN6O18. The predicted molar refractivity (Wildman–Crippen MR) is 563 cm³/mol. The van der Waals surface area contributed by atoms with Crippen molar-refractivity contribution in [3.63, 3.8) is 0 Å². The first kappa shape index (κ1) is 115. The molecule has 0 aliphatic heterocycles. The molecule has 34 heteroatoms. The normalized spacial score (nSPS) is 10.2. The molecule has 0 unspecified atom stereocenters. The van der Waals surface area contributed by atoms with Crippen LogP contribution in [0.15, 0.2) is 193 Å². The Labute approximate surface area is 862 Å². The highest BCUT2D eigenvalue weighted by molar-refractivity contribution is 14.1. The van der Waals surface area contributed by atoms with Gasteiger partial charge in [0.1, 0.15) is 80.0 Å². The first-order valence-electron chi connectivity index (χ1n) is 41.8. The van der Waals surface area contributed by atoms with E-state index in [2.05, 4.69) is 98.8 Å². The first-order valence-corrected chi connectivity index (χ1v) is 46.4. The number of halogens is 10. The number of methoxy groups -OCH3 is 6. The monoisotopic (exact) mass is 2200 g/mol. The Hall–Kier alpha value is -11.8. The van der Waals surface area contributed by atoms with Gasteiger partial charge in [0, 0.05) is 46.4 Å². The third kappa shape index (κ3) is 35.3. The van der Waals surface area contributed by atoms with Gasteiger partial charge in [0.05, 0.1) is 107 Å². The summed E-state index contributed by atoms with van der Waals surface area (Å²) in [5.41, 5.74) is 21.8. The van der Waals surface area contributed by atoms with Crippen LogP contribution in [0.25, 0.3) is 0 Å². The number of rotatable bonds is 24. The molecule has 0 radical (unpaired) electrons. The maximum Gasteiger partial charge on any atom is 0.411 e. The molecule has 12 rings (SSSR count). The Morgan fingerprint density at radius 3 is 0.862 bits per heavy atom. The SMILES string of the molecule is C.COC(=O)Nc1cccc(Br)c1COc1cc(C)c(C)cc1Cl.COC(=O)Nc1cccc(C)c1COc1cc(C)c(C)cc1Cl.COC(=O)Nc1cccc(Cl)c1COc1cc(C)c(C)cc1Cl.COC(=O)Nc1cccc(F)c1COc1cc(C)c(C)cc1Cl.COC(=O)Nc1cccc(I)c1COc1cc(C)c(C)cc1Cl.COC(=O)Nc1ccccc1COc1cc(C)c(C)cc1Cl. The summed E-state index contributed by atoms with van der Waals surface area (Å²) >= 11 is 49.1. The maximum atomic E-state index is 14.0. The average Bonchev–Trinajstić information content (AvgIpc) is 0.825. The summed E-state index contributed by atoms with van der Waals surface area (Å²) in [6, 6.07) is 56.2. The van der Waals surface area contributed by atoms with Gasteiger partial charge in [0.15, 0.2) is 0 Å². The molecule has 0 saturated carbocycles. The Morgan fingerprint density at radius 2 is 0.507 bits per heavy atom. The van der Waals surface area contributed by atoms with Crippen molar-refractivity contribution in [2.24, 2.45) is 0 Å². The molecule has 0 spiro atoms. The zero-order valence-corrected chi connectivity index (χ0v) is 87.8. The molecule has 24 nitrogen and oxygen atoms in total. The van der Waals surface area contributed by atoms with Crippen LogP contribution < -0.4 is 60.3 Å². The van der Waals surface area contributed by atoms with Crippen LogP contribution in [0.5, 0.6) is 34.5 Å². The zero-order valence-electron chi connectivity index (χ0n) is 78.8. The summed E-state index contributed by atoms with van der Waals surface area (Å²) < 4.78 is 78.3. The van der Waals surface area contributed by atoms with Gasteiger partial charge in [-0.15, -0.1) is 0 Å². The van der Waals surface area contributed by atoms with Crippen molar-refractivity contribution >= 4 is 190 Å². The van der Waals surface area contributed by atoms with Crippen molar-refractivity contribution in [3.05, 3.63) is 343 Å². The lowest BCUT2D eigenvalue weighted by Gasteiger charge is -2.15. The number of anilines is 6. The minimum Gasteiger partial charge on any atom is -0.487 e. The van der Waals surface area contributed by atoms with Crippen LogP contribution in [-0.4, -0.2) is 79.2 Å². The molecule has 0 saturated heterocycles. The lowest BCUT2D eigenvalue weighted by molar-refractivity contribution is 0.186. The summed E-state index contributed by atoms with van der Waals surface area (Å²) in [5.74, 6) is 3.02. The molecule has 0 fully saturated rings. The van der Waals surface area contributed by atoms with Crippen molar-refractivity contribution in [2.75, 3.05) is 74.6 Å². The standard InChI is InChI=1S/C18H20ClNO3.C17H17BrClNO3.C17H17Cl2NO3.C17H17ClFNO3.C17H17ClINO3.C17H18ClNO3.CH4/c1-11-6-5-7-16(20-18(21)22-4)14(11)10-23-17-9-13(3)12(2)8-15(17)19;2*1-10-7-14(19)16(8-11(10)2)23-9-12-13(18)5-4-6-15(12)20-17(21)22-3;2*1-10-7-13(18)16(8-11(10)2)23-9-12-14(19)5-4-6-15(12)20-17(21)22-3;1-11-8-14(18)16(9-12(11)2)22-10-13-6-4-5-7-15(13)19-17(20)21-3;/h5-9H,10H2,1-4H3,(H,20,21);4*4-8H,9H2,1-3H3,(H,20,21);4-9H,10H2,1-3H3,(H,19,20);1H4. The Balaban J connectivity index is 0.000000254. The third-order valence-electron chi connectivity index (χ3n) is 21.0. The van der Waals surface area contributed by atoms with Crippen LogP contribution in [0.1, 0.15) is 113 Å². The van der Waals surface area contributed by atoms with Crippen LogP contribution in [0.2, 0.25) is 35.2 Å². The van der Waals surface area contributed by atoms with Crippen molar-refractivity contribution in [2.45, 2.75) is 137 Å². The first-order chi connectivity index (χ1) is 65.1. The average molecular weight is 2210 g/mol. The van der Waals surface area contributed by atoms with E-state index >= 15 is 0 Å². The van der Waals surface area contributed by atoms with E-state index < -0.39 is 42.4 Å². The van der Waals surface area contributed by atoms with Crippen LogP contribution in [0.4, 0.5) is 67.3 Å². The molecule has 6 N–H and O–H groups in total. The zero-order chi connectivity index (χ0) is 101. The predicted octanol–water partition coefficient (Wildman–Crippen LogP) is 31.4. The number of nitrogens with one attached hydrogen (secondary N) is 6. The molecule has 734 valence electrons. The highest BCUT2D eigenvalue weighted by atomic mass is 127. The second-order valence-electron chi connectivity index (χ2n) is 30.5. The van der Waals surface area contributed by atoms with E-state index in [-0.39, 0.29) is 38.5 Å². The van der Waals surface area contributed by atoms with E-state index in [1.54, 1.807) is 54.6 Å². The van der Waals surface area contributed by atoms with Gasteiger partial charge in [-0.2, -0.15) is 0 Å². The number of hydrogen-bond donors (Lipinski definition) is 6. The van der Waals surface area contributed by atoms with Crippen molar-refractivity contribution < 1.29 is 90.0 Å². The molecule has 0 aliphatic rings. The van der Waals surface area contributed by atoms with Crippen molar-refractivity contribution in [3.8, 4) is 34.5 Å². The van der Waals surface area contributed by atoms with Gasteiger partial charge in [-0.05, 0) is 318 Å². The summed E-state index contributed by atoms with van der Waals surface area (Å²) in [6.45, 7) is 27.1. The molecule has 138 heavy (non-hydrogen) atoms. The number of aryl methyl sites for hydroxylation is 13. The molecular weight excluding hydrogens is 2100 g/mol. The smallest absolute Gasteiger partial charge is 0.411 e. The van der Waals surface area contributed by atoms with Gasteiger partial charge in [-0.3, -0.25) is 31.9 Å². The lowest BCUT2D eigenvalue weighted by atomic mass is 10.1. The minimum absolute atomic E-state index is 0. The fourth-order valence-corrected chi connectivity index (χ4v) is 15.1. The van der Waals surface area contributed by atoms with Gasteiger partial charge in [-0.25, -0.2) is 33.2 Å². The summed E-state index contributed by atoms with van der Waals surface area (Å²) in [4.78, 5) is 68.5. The van der Waals surface area contributed by atoms with E-state index in [4.69, 9.17) is 110 Å². The molecule has 0 heterocycles. The fraction of sp³-hybridized carbons (Fsp3) is 0.250. The largest absolute Gasteiger partial charge is 0.487 e. The number of ether oxygens (including phenoxy) is 12. The van der Waals surface area contributed by atoms with Gasteiger partial charge in [0.25, 0.3) is 0 Å². The van der Waals surface area contributed by atoms with Gasteiger partial charge < -0.3 is 56.8 Å². The number of carbonyl (C=O) groups is 6. The summed E-state index contributed by atoms with van der Waals surface area (Å²) in [5, 5.41) is 19.5. The Bertz CT molecular complexity index is 5550. The second kappa shape index (κ2) is 56.9. The highest BCUT2D eigenvalue weighted by Gasteiger charge is 2.21. The summed E-state index contributed by atoms with van der Waals surface area (Å²) in [7, 11) is 7.83. The molecule has 0 aliphatic carbocycles. The highest BCUT2D eigenvalue weighted by Crippen LogP contribution is 2.39. The van der Waals surface area contributed by atoms with Crippen molar-refractivity contribution in [1.29, 1.82) is 0 Å².